The van der Waals surface area contributed by atoms with Crippen molar-refractivity contribution >= 4 is 56.6 Å². The van der Waals surface area contributed by atoms with Gasteiger partial charge >= 0.3 is 0 Å². The first-order valence-corrected chi connectivity index (χ1v) is 14.4. The van der Waals surface area contributed by atoms with E-state index in [1.165, 1.54) is 11.3 Å². The van der Waals surface area contributed by atoms with Gasteiger partial charge in [-0.1, -0.05) is 22.9 Å². The van der Waals surface area contributed by atoms with E-state index in [1.54, 1.807) is 17.0 Å². The minimum Gasteiger partial charge on any atom is -0.490 e. The zero-order chi connectivity index (χ0) is 27.1. The summed E-state index contributed by atoms with van der Waals surface area (Å²) >= 11 is 7.79. The second-order valence-electron chi connectivity index (χ2n) is 8.93. The molecule has 1 fully saturated rings. The smallest absolute Gasteiger partial charge is 0.260 e. The molecule has 1 saturated heterocycles. The van der Waals surface area contributed by atoms with Crippen LogP contribution in [0, 0.1) is 6.92 Å². The number of hydrogen-bond donors (Lipinski definition) is 0. The third kappa shape index (κ3) is 7.67. The maximum absolute atomic E-state index is 14.1. The molecule has 0 aliphatic carbocycles. The normalized spacial score (nSPS) is 13.7. The Kier molecular flexibility index (Phi) is 11.9. The summed E-state index contributed by atoms with van der Waals surface area (Å²) in [6.45, 7) is 13.7. The minimum absolute atomic E-state index is 0. The number of fused-ring (bicyclic) bond motifs is 1. The van der Waals surface area contributed by atoms with Crippen molar-refractivity contribution in [1.82, 2.24) is 9.88 Å². The standard InChI is InChI=1S/C28H36ClN3O5S.ClH/c1-5-35-22-16-20(17-23(36-6-2)26(22)37-7-3)27(33)32(10-8-9-31-11-13-34-14-12-31)28-30-25-19(4)15-21(29)18-24(25)38-28;/h15-18H,5-14H2,1-4H3;1H. The molecule has 8 nitrogen and oxygen atoms in total. The Hall–Kier alpha value is -2.30. The molecule has 0 atom stereocenters. The van der Waals surface area contributed by atoms with Crippen molar-refractivity contribution in [3.05, 3.63) is 40.4 Å². The average molecular weight is 599 g/mol. The summed E-state index contributed by atoms with van der Waals surface area (Å²) < 4.78 is 24.0. The van der Waals surface area contributed by atoms with Gasteiger partial charge in [0.25, 0.3) is 5.91 Å². The third-order valence-electron chi connectivity index (χ3n) is 6.23. The van der Waals surface area contributed by atoms with Crippen molar-refractivity contribution in [2.24, 2.45) is 0 Å². The molecule has 39 heavy (non-hydrogen) atoms. The molecule has 0 bridgehead atoms. The van der Waals surface area contributed by atoms with Crippen molar-refractivity contribution in [3.63, 3.8) is 0 Å². The number of carbonyl (C=O) groups excluding carboxylic acids is 1. The number of benzene rings is 2. The number of hydrogen-bond acceptors (Lipinski definition) is 8. The molecule has 0 unspecified atom stereocenters. The number of carbonyl (C=O) groups is 1. The van der Waals surface area contributed by atoms with E-state index in [0.29, 0.717) is 59.3 Å². The number of rotatable bonds is 12. The lowest BCUT2D eigenvalue weighted by Crippen LogP contribution is -2.39. The lowest BCUT2D eigenvalue weighted by atomic mass is 10.1. The number of ether oxygens (including phenoxy) is 4. The van der Waals surface area contributed by atoms with Crippen molar-refractivity contribution in [1.29, 1.82) is 0 Å². The zero-order valence-corrected chi connectivity index (χ0v) is 25.3. The molecule has 11 heteroatoms. The molecule has 1 aliphatic rings. The van der Waals surface area contributed by atoms with Gasteiger partial charge in [0.1, 0.15) is 0 Å². The van der Waals surface area contributed by atoms with E-state index in [4.69, 9.17) is 35.5 Å². The van der Waals surface area contributed by atoms with Gasteiger partial charge in [-0.15, -0.1) is 12.4 Å². The molecule has 214 valence electrons. The minimum atomic E-state index is -0.167. The van der Waals surface area contributed by atoms with Gasteiger partial charge in [0.05, 0.1) is 43.3 Å². The fourth-order valence-corrected chi connectivity index (χ4v) is 5.93. The first-order chi connectivity index (χ1) is 18.4. The molecule has 2 heterocycles. The summed E-state index contributed by atoms with van der Waals surface area (Å²) in [6.07, 6.45) is 0.801. The number of aromatic nitrogens is 1. The van der Waals surface area contributed by atoms with Crippen LogP contribution < -0.4 is 19.1 Å². The highest BCUT2D eigenvalue weighted by atomic mass is 35.5. The largest absolute Gasteiger partial charge is 0.490 e. The molecule has 0 spiro atoms. The second kappa shape index (κ2) is 14.9. The number of aryl methyl sites for hydroxylation is 1. The molecule has 1 amide bonds. The van der Waals surface area contributed by atoms with E-state index in [9.17, 15) is 4.79 Å². The van der Waals surface area contributed by atoms with Crippen LogP contribution in [0.4, 0.5) is 5.13 Å². The first kappa shape index (κ1) is 31.2. The Balaban J connectivity index is 0.00000420. The van der Waals surface area contributed by atoms with Crippen molar-refractivity contribution in [2.45, 2.75) is 34.1 Å². The predicted octanol–water partition coefficient (Wildman–Crippen LogP) is 6.25. The number of nitrogens with zero attached hydrogens (tertiary/aromatic N) is 3. The monoisotopic (exact) mass is 597 g/mol. The number of morpholine rings is 1. The van der Waals surface area contributed by atoms with Gasteiger partial charge in [0, 0.05) is 36.8 Å². The molecule has 1 aliphatic heterocycles. The maximum Gasteiger partial charge on any atom is 0.260 e. The molecule has 2 aromatic carbocycles. The molecule has 0 saturated carbocycles. The van der Waals surface area contributed by atoms with Gasteiger partial charge in [-0.05, 0) is 63.9 Å². The zero-order valence-electron chi connectivity index (χ0n) is 23.0. The number of thiazole rings is 1. The van der Waals surface area contributed by atoms with Crippen LogP contribution in [0.5, 0.6) is 17.2 Å². The number of halogens is 2. The first-order valence-electron chi connectivity index (χ1n) is 13.2. The fraction of sp³-hybridized carbons (Fsp3) is 0.500. The van der Waals surface area contributed by atoms with E-state index in [0.717, 1.165) is 55.0 Å². The van der Waals surface area contributed by atoms with Gasteiger partial charge in [0.15, 0.2) is 16.6 Å². The Morgan fingerprint density at radius 3 is 2.31 bits per heavy atom. The van der Waals surface area contributed by atoms with E-state index >= 15 is 0 Å². The molecule has 0 radical (unpaired) electrons. The van der Waals surface area contributed by atoms with Crippen molar-refractivity contribution in [3.8, 4) is 17.2 Å². The van der Waals surface area contributed by atoms with Gasteiger partial charge in [0.2, 0.25) is 5.75 Å². The SMILES string of the molecule is CCOc1cc(C(=O)N(CCCN2CCOCC2)c2nc3c(C)cc(Cl)cc3s2)cc(OCC)c1OCC.Cl. The molecular weight excluding hydrogens is 561 g/mol. The van der Waals surface area contributed by atoms with Crippen molar-refractivity contribution < 1.29 is 23.7 Å². The highest BCUT2D eigenvalue weighted by Crippen LogP contribution is 2.40. The fourth-order valence-electron chi connectivity index (χ4n) is 4.49. The number of amides is 1. The van der Waals surface area contributed by atoms with Crippen LogP contribution in [0.15, 0.2) is 24.3 Å². The molecule has 0 N–H and O–H groups in total. The summed E-state index contributed by atoms with van der Waals surface area (Å²) in [5.41, 5.74) is 2.30. The molecule has 1 aromatic heterocycles. The van der Waals surface area contributed by atoms with Crippen LogP contribution in [0.1, 0.15) is 43.1 Å². The van der Waals surface area contributed by atoms with E-state index in [2.05, 4.69) is 4.90 Å². The van der Waals surface area contributed by atoms with Gasteiger partial charge in [-0.25, -0.2) is 4.98 Å². The molecule has 3 aromatic rings. The summed E-state index contributed by atoms with van der Waals surface area (Å²) in [7, 11) is 0. The molecule has 4 rings (SSSR count). The predicted molar refractivity (Wildman–Crippen MR) is 160 cm³/mol. The lowest BCUT2D eigenvalue weighted by Gasteiger charge is -2.28. The van der Waals surface area contributed by atoms with Crippen LogP contribution in [0.2, 0.25) is 5.02 Å². The van der Waals surface area contributed by atoms with Gasteiger partial charge in [-0.3, -0.25) is 14.6 Å². The van der Waals surface area contributed by atoms with Crippen LogP contribution in [-0.4, -0.2) is 75.0 Å². The van der Waals surface area contributed by atoms with Crippen molar-refractivity contribution in [2.75, 3.05) is 64.1 Å². The van der Waals surface area contributed by atoms with E-state index in [1.807, 2.05) is 39.8 Å². The van der Waals surface area contributed by atoms with Crippen LogP contribution >= 0.6 is 35.3 Å². The summed E-state index contributed by atoms with van der Waals surface area (Å²) in [4.78, 5) is 23.1. The highest BCUT2D eigenvalue weighted by Gasteiger charge is 2.26. The quantitative estimate of drug-likeness (QED) is 0.244. The van der Waals surface area contributed by atoms with Crippen LogP contribution in [0.3, 0.4) is 0 Å². The van der Waals surface area contributed by atoms with E-state index in [-0.39, 0.29) is 18.3 Å². The Bertz CT molecular complexity index is 1220. The Labute approximate surface area is 245 Å². The second-order valence-corrected chi connectivity index (χ2v) is 10.4. The Morgan fingerprint density at radius 2 is 1.69 bits per heavy atom. The Morgan fingerprint density at radius 1 is 1.05 bits per heavy atom. The third-order valence-corrected chi connectivity index (χ3v) is 7.47. The summed E-state index contributed by atoms with van der Waals surface area (Å²) in [6, 6.07) is 7.28. The summed E-state index contributed by atoms with van der Waals surface area (Å²) in [5, 5.41) is 1.30. The summed E-state index contributed by atoms with van der Waals surface area (Å²) in [5.74, 6) is 1.32. The number of anilines is 1. The average Bonchev–Trinajstić information content (AvgIpc) is 3.33. The maximum atomic E-state index is 14.1. The highest BCUT2D eigenvalue weighted by molar-refractivity contribution is 7.22. The van der Waals surface area contributed by atoms with E-state index < -0.39 is 0 Å². The molecular formula is C28H37Cl2N3O5S. The van der Waals surface area contributed by atoms with Crippen LogP contribution in [0.25, 0.3) is 10.2 Å². The van der Waals surface area contributed by atoms with Gasteiger partial charge < -0.3 is 18.9 Å². The lowest BCUT2D eigenvalue weighted by molar-refractivity contribution is 0.0376. The van der Waals surface area contributed by atoms with Gasteiger partial charge in [-0.2, -0.15) is 0 Å². The topological polar surface area (TPSA) is 73.4 Å². The van der Waals surface area contributed by atoms with Crippen LogP contribution in [-0.2, 0) is 4.74 Å².